The zero-order chi connectivity index (χ0) is 13.9. The van der Waals surface area contributed by atoms with Crippen LogP contribution in [0.1, 0.15) is 39.0 Å². The normalized spacial score (nSPS) is 24.9. The first-order valence-corrected chi connectivity index (χ1v) is 7.86. The Labute approximate surface area is 120 Å². The molecule has 3 nitrogen and oxygen atoms in total. The average Bonchev–Trinajstić information content (AvgIpc) is 2.90. The Balaban J connectivity index is 1.70. The molecule has 1 aliphatic carbocycles. The lowest BCUT2D eigenvalue weighted by Gasteiger charge is -2.32. The summed E-state index contributed by atoms with van der Waals surface area (Å²) < 4.78 is 2.09. The molecule has 1 aromatic carbocycles. The highest BCUT2D eigenvalue weighted by molar-refractivity contribution is 5.74. The van der Waals surface area contributed by atoms with Gasteiger partial charge in [-0.05, 0) is 36.8 Å². The fourth-order valence-electron chi connectivity index (χ4n) is 3.56. The number of aliphatic hydroxyl groups excluding tert-OH is 1. The number of aliphatic hydroxyl groups is 1. The largest absolute Gasteiger partial charge is 0.391 e. The molecule has 1 aromatic heterocycles. The molecule has 1 saturated carbocycles. The number of hydrogen-bond acceptors (Lipinski definition) is 2. The lowest BCUT2D eigenvalue weighted by Crippen LogP contribution is -2.30. The second-order valence-electron chi connectivity index (χ2n) is 6.15. The molecule has 1 aliphatic rings. The van der Waals surface area contributed by atoms with Crippen molar-refractivity contribution >= 4 is 11.0 Å². The molecule has 0 radical (unpaired) electrons. The Morgan fingerprint density at radius 2 is 2.20 bits per heavy atom. The van der Waals surface area contributed by atoms with Crippen LogP contribution >= 0.6 is 0 Å². The lowest BCUT2D eigenvalue weighted by molar-refractivity contribution is 0.0556. The Morgan fingerprint density at radius 1 is 1.35 bits per heavy atom. The van der Waals surface area contributed by atoms with Crippen molar-refractivity contribution in [3.05, 3.63) is 30.6 Å². The van der Waals surface area contributed by atoms with E-state index in [1.165, 1.54) is 32.1 Å². The number of imidazole rings is 1. The van der Waals surface area contributed by atoms with Crippen molar-refractivity contribution in [2.45, 2.75) is 51.7 Å². The summed E-state index contributed by atoms with van der Waals surface area (Å²) in [6.45, 7) is 2.93. The number of aromatic nitrogens is 2. The summed E-state index contributed by atoms with van der Waals surface area (Å²) in [7, 11) is 0. The topological polar surface area (TPSA) is 38.0 Å². The number of hydrogen-bond donors (Lipinski definition) is 1. The summed E-state index contributed by atoms with van der Waals surface area (Å²) in [6, 6.07) is 8.13. The summed E-state index contributed by atoms with van der Waals surface area (Å²) in [5, 5.41) is 10.6. The number of para-hydroxylation sites is 2. The Kier molecular flexibility index (Phi) is 4.06. The zero-order valence-electron chi connectivity index (χ0n) is 12.2. The SMILES string of the molecule is CCC1CCCC(C(O)Cn2cnc3ccccc32)C1. The molecule has 1 fully saturated rings. The van der Waals surface area contributed by atoms with Crippen molar-refractivity contribution in [1.29, 1.82) is 0 Å². The fourth-order valence-corrected chi connectivity index (χ4v) is 3.56. The summed E-state index contributed by atoms with van der Waals surface area (Å²) in [6.07, 6.45) is 7.82. The lowest BCUT2D eigenvalue weighted by atomic mass is 9.77. The van der Waals surface area contributed by atoms with E-state index < -0.39 is 0 Å². The first-order valence-electron chi connectivity index (χ1n) is 7.86. The molecule has 0 bridgehead atoms. The van der Waals surface area contributed by atoms with E-state index in [2.05, 4.69) is 22.5 Å². The molecule has 0 amide bonds. The predicted molar refractivity (Wildman–Crippen MR) is 81.5 cm³/mol. The molecule has 1 heterocycles. The molecule has 3 heteroatoms. The van der Waals surface area contributed by atoms with Crippen molar-refractivity contribution in [3.8, 4) is 0 Å². The molecule has 20 heavy (non-hydrogen) atoms. The van der Waals surface area contributed by atoms with Gasteiger partial charge in [0, 0.05) is 0 Å². The van der Waals surface area contributed by atoms with E-state index in [0.717, 1.165) is 17.0 Å². The van der Waals surface area contributed by atoms with Crippen molar-refractivity contribution in [2.75, 3.05) is 0 Å². The maximum absolute atomic E-state index is 10.6. The van der Waals surface area contributed by atoms with E-state index in [0.29, 0.717) is 12.5 Å². The maximum Gasteiger partial charge on any atom is 0.0959 e. The molecule has 3 unspecified atom stereocenters. The van der Waals surface area contributed by atoms with E-state index in [-0.39, 0.29) is 6.10 Å². The molecule has 0 aliphatic heterocycles. The summed E-state index contributed by atoms with van der Waals surface area (Å²) in [4.78, 5) is 4.40. The van der Waals surface area contributed by atoms with Crippen molar-refractivity contribution in [2.24, 2.45) is 11.8 Å². The fraction of sp³-hybridized carbons (Fsp3) is 0.588. The van der Waals surface area contributed by atoms with Gasteiger partial charge in [0.1, 0.15) is 0 Å². The van der Waals surface area contributed by atoms with Gasteiger partial charge in [-0.15, -0.1) is 0 Å². The molecular formula is C17H24N2O. The van der Waals surface area contributed by atoms with Crippen molar-refractivity contribution in [1.82, 2.24) is 9.55 Å². The first kappa shape index (κ1) is 13.6. The molecular weight excluding hydrogens is 248 g/mol. The quantitative estimate of drug-likeness (QED) is 0.923. The average molecular weight is 272 g/mol. The molecule has 3 atom stereocenters. The van der Waals surface area contributed by atoms with Gasteiger partial charge in [0.05, 0.1) is 30.0 Å². The summed E-state index contributed by atoms with van der Waals surface area (Å²) in [5.74, 6) is 1.26. The van der Waals surface area contributed by atoms with Crippen molar-refractivity contribution in [3.63, 3.8) is 0 Å². The minimum Gasteiger partial charge on any atom is -0.391 e. The van der Waals surface area contributed by atoms with Gasteiger partial charge in [-0.3, -0.25) is 0 Å². The monoisotopic (exact) mass is 272 g/mol. The van der Waals surface area contributed by atoms with E-state index >= 15 is 0 Å². The highest BCUT2D eigenvalue weighted by Gasteiger charge is 2.26. The minimum atomic E-state index is -0.248. The smallest absolute Gasteiger partial charge is 0.0959 e. The summed E-state index contributed by atoms with van der Waals surface area (Å²) >= 11 is 0. The maximum atomic E-state index is 10.6. The second-order valence-corrected chi connectivity index (χ2v) is 6.15. The van der Waals surface area contributed by atoms with E-state index in [1.54, 1.807) is 0 Å². The van der Waals surface area contributed by atoms with Crippen LogP contribution in [0.3, 0.4) is 0 Å². The second kappa shape index (κ2) is 5.96. The van der Waals surface area contributed by atoms with Gasteiger partial charge >= 0.3 is 0 Å². The van der Waals surface area contributed by atoms with Gasteiger partial charge < -0.3 is 9.67 Å². The third-order valence-corrected chi connectivity index (χ3v) is 4.86. The van der Waals surface area contributed by atoms with Crippen LogP contribution in [0, 0.1) is 11.8 Å². The third kappa shape index (κ3) is 2.73. The predicted octanol–water partition coefficient (Wildman–Crippen LogP) is 3.61. The molecule has 108 valence electrons. The molecule has 1 N–H and O–H groups in total. The van der Waals surface area contributed by atoms with Gasteiger partial charge in [0.2, 0.25) is 0 Å². The van der Waals surface area contributed by atoms with Crippen LogP contribution in [0.25, 0.3) is 11.0 Å². The van der Waals surface area contributed by atoms with Crippen molar-refractivity contribution < 1.29 is 5.11 Å². The van der Waals surface area contributed by atoms with E-state index in [4.69, 9.17) is 0 Å². The molecule has 0 spiro atoms. The number of nitrogens with zero attached hydrogens (tertiary/aromatic N) is 2. The van der Waals surface area contributed by atoms with E-state index in [1.807, 2.05) is 24.5 Å². The van der Waals surface area contributed by atoms with Gasteiger partial charge in [-0.1, -0.05) is 38.3 Å². The van der Waals surface area contributed by atoms with Crippen LogP contribution in [0.2, 0.25) is 0 Å². The molecule has 0 saturated heterocycles. The molecule has 3 rings (SSSR count). The summed E-state index contributed by atoms with van der Waals surface area (Å²) in [5.41, 5.74) is 2.13. The Bertz CT molecular complexity index is 563. The van der Waals surface area contributed by atoms with Gasteiger partial charge in [-0.2, -0.15) is 0 Å². The zero-order valence-corrected chi connectivity index (χ0v) is 12.2. The third-order valence-electron chi connectivity index (χ3n) is 4.86. The number of fused-ring (bicyclic) bond motifs is 1. The number of benzene rings is 1. The van der Waals surface area contributed by atoms with Gasteiger partial charge in [0.15, 0.2) is 0 Å². The van der Waals surface area contributed by atoms with Crippen LogP contribution < -0.4 is 0 Å². The van der Waals surface area contributed by atoms with Crippen LogP contribution in [0.15, 0.2) is 30.6 Å². The minimum absolute atomic E-state index is 0.248. The number of rotatable bonds is 4. The Hall–Kier alpha value is -1.35. The molecule has 2 aromatic rings. The van der Waals surface area contributed by atoms with Crippen LogP contribution in [0.4, 0.5) is 0 Å². The van der Waals surface area contributed by atoms with Gasteiger partial charge in [-0.25, -0.2) is 4.98 Å². The van der Waals surface area contributed by atoms with Gasteiger partial charge in [0.25, 0.3) is 0 Å². The first-order chi connectivity index (χ1) is 9.78. The standard InChI is InChI=1S/C17H24N2O/c1-2-13-6-5-7-14(10-13)17(20)11-19-12-18-15-8-3-4-9-16(15)19/h3-4,8-9,12-14,17,20H,2,5-7,10-11H2,1H3. The van der Waals surface area contributed by atoms with E-state index in [9.17, 15) is 5.11 Å². The highest BCUT2D eigenvalue weighted by atomic mass is 16.3. The Morgan fingerprint density at radius 3 is 3.05 bits per heavy atom. The van der Waals surface area contributed by atoms with Crippen LogP contribution in [-0.2, 0) is 6.54 Å². The van der Waals surface area contributed by atoms with Crippen LogP contribution in [-0.4, -0.2) is 20.8 Å². The van der Waals surface area contributed by atoms with Crippen LogP contribution in [0.5, 0.6) is 0 Å². The highest BCUT2D eigenvalue weighted by Crippen LogP contribution is 2.33.